The predicted molar refractivity (Wildman–Crippen MR) is 97.4 cm³/mol. The Morgan fingerprint density at radius 2 is 1.41 bits per heavy atom. The molecule has 2 fully saturated rings. The number of piperidine rings is 2. The van der Waals surface area contributed by atoms with E-state index in [1.807, 2.05) is 27.7 Å². The first-order valence-electron chi connectivity index (χ1n) is 9.82. The van der Waals surface area contributed by atoms with E-state index in [1.165, 1.54) is 32.5 Å². The summed E-state index contributed by atoms with van der Waals surface area (Å²) in [5.74, 6) is 0. The lowest BCUT2D eigenvalue weighted by Gasteiger charge is -2.43. The number of hydrogen-bond acceptors (Lipinski definition) is 2. The van der Waals surface area contributed by atoms with Crippen LogP contribution in [0, 0.1) is 0 Å². The normalized spacial score (nSPS) is 23.0. The number of likely N-dealkylation sites (tertiary alicyclic amines) is 2. The van der Waals surface area contributed by atoms with Gasteiger partial charge in [0.1, 0.15) is 5.67 Å². The molecule has 0 aromatic heterocycles. The zero-order chi connectivity index (χ0) is 17.0. The first-order valence-corrected chi connectivity index (χ1v) is 9.82. The molecule has 0 aromatic carbocycles. The van der Waals surface area contributed by atoms with Gasteiger partial charge < -0.3 is 9.80 Å². The Bertz CT molecular complexity index is 242. The van der Waals surface area contributed by atoms with E-state index in [4.69, 9.17) is 0 Å². The molecule has 0 saturated carbocycles. The lowest BCUT2D eigenvalue weighted by Crippen LogP contribution is -2.50. The third kappa shape index (κ3) is 6.95. The Kier molecular flexibility index (Phi) is 12.2. The monoisotopic (exact) mass is 316 g/mol. The molecule has 2 heterocycles. The first kappa shape index (κ1) is 21.9. The van der Waals surface area contributed by atoms with E-state index in [9.17, 15) is 4.39 Å². The van der Waals surface area contributed by atoms with Crippen molar-refractivity contribution in [3.8, 4) is 0 Å². The molecule has 134 valence electrons. The maximum absolute atomic E-state index is 14.4. The fourth-order valence-corrected chi connectivity index (χ4v) is 3.59. The Morgan fingerprint density at radius 3 is 1.82 bits per heavy atom. The summed E-state index contributed by atoms with van der Waals surface area (Å²) in [5, 5.41) is 0. The molecule has 2 nitrogen and oxygen atoms in total. The maximum atomic E-state index is 14.4. The lowest BCUT2D eigenvalue weighted by molar-refractivity contribution is 0.0159. The third-order valence-electron chi connectivity index (χ3n) is 4.91. The Balaban J connectivity index is 0.00000102. The van der Waals surface area contributed by atoms with Gasteiger partial charge in [0, 0.05) is 19.1 Å². The molecule has 2 aliphatic rings. The average Bonchev–Trinajstić information content (AvgIpc) is 2.59. The highest BCUT2D eigenvalue weighted by molar-refractivity contribution is 4.89. The molecule has 0 aromatic rings. The van der Waals surface area contributed by atoms with Gasteiger partial charge in [0.15, 0.2) is 0 Å². The molecule has 3 heteroatoms. The van der Waals surface area contributed by atoms with E-state index in [0.29, 0.717) is 0 Å². The van der Waals surface area contributed by atoms with E-state index < -0.39 is 5.67 Å². The third-order valence-corrected chi connectivity index (χ3v) is 4.91. The standard InChI is InChI=1S/C15H29FN2.2C2H6/c1-3-7-15(16)8-12-18(13-9-15)14-5-10-17(4-2)11-6-14;2*1-2/h14H,3-13H2,1-2H3;2*1-2H3. The van der Waals surface area contributed by atoms with Crippen LogP contribution < -0.4 is 0 Å². The molecule has 0 amide bonds. The smallest absolute Gasteiger partial charge is 0.113 e. The minimum absolute atomic E-state index is 0.721. The summed E-state index contributed by atoms with van der Waals surface area (Å²) < 4.78 is 14.4. The quantitative estimate of drug-likeness (QED) is 0.709. The van der Waals surface area contributed by atoms with Crippen molar-refractivity contribution < 1.29 is 4.39 Å². The molecular weight excluding hydrogens is 275 g/mol. The molecule has 2 rings (SSSR count). The number of hydrogen-bond donors (Lipinski definition) is 0. The minimum atomic E-state index is -0.852. The van der Waals surface area contributed by atoms with Gasteiger partial charge in [-0.1, -0.05) is 48.0 Å². The second-order valence-corrected chi connectivity index (χ2v) is 6.10. The zero-order valence-corrected chi connectivity index (χ0v) is 16.1. The highest BCUT2D eigenvalue weighted by Gasteiger charge is 2.36. The lowest BCUT2D eigenvalue weighted by atomic mass is 9.87. The summed E-state index contributed by atoms with van der Waals surface area (Å²) in [6.07, 6.45) is 5.81. The molecule has 0 aliphatic carbocycles. The van der Waals surface area contributed by atoms with Crippen LogP contribution in [0.25, 0.3) is 0 Å². The molecule has 2 aliphatic heterocycles. The van der Waals surface area contributed by atoms with E-state index in [1.54, 1.807) is 0 Å². The van der Waals surface area contributed by atoms with Gasteiger partial charge in [0.25, 0.3) is 0 Å². The molecule has 0 spiro atoms. The van der Waals surface area contributed by atoms with Crippen molar-refractivity contribution in [2.75, 3.05) is 32.7 Å². The minimum Gasteiger partial charge on any atom is -0.303 e. The van der Waals surface area contributed by atoms with Crippen molar-refractivity contribution in [1.82, 2.24) is 9.80 Å². The average molecular weight is 317 g/mol. The fraction of sp³-hybridized carbons (Fsp3) is 1.00. The highest BCUT2D eigenvalue weighted by Crippen LogP contribution is 2.33. The fourth-order valence-electron chi connectivity index (χ4n) is 3.59. The molecular formula is C19H41FN2. The van der Waals surface area contributed by atoms with Gasteiger partial charge >= 0.3 is 0 Å². The van der Waals surface area contributed by atoms with Crippen LogP contribution in [0.4, 0.5) is 4.39 Å². The molecule has 0 bridgehead atoms. The van der Waals surface area contributed by atoms with Crippen LogP contribution >= 0.6 is 0 Å². The van der Waals surface area contributed by atoms with Crippen LogP contribution in [-0.4, -0.2) is 54.2 Å². The SMILES string of the molecule is CC.CC.CCCC1(F)CCN(C2CCN(CC)CC2)CC1. The summed E-state index contributed by atoms with van der Waals surface area (Å²) in [5.41, 5.74) is -0.852. The van der Waals surface area contributed by atoms with E-state index >= 15 is 0 Å². The Morgan fingerprint density at radius 1 is 0.909 bits per heavy atom. The van der Waals surface area contributed by atoms with Crippen molar-refractivity contribution in [2.24, 2.45) is 0 Å². The predicted octanol–water partition coefficient (Wildman–Crippen LogP) is 5.13. The van der Waals surface area contributed by atoms with Crippen LogP contribution in [0.15, 0.2) is 0 Å². The van der Waals surface area contributed by atoms with Gasteiger partial charge in [-0.05, 0) is 51.7 Å². The number of rotatable bonds is 4. The van der Waals surface area contributed by atoms with E-state index in [2.05, 4.69) is 23.6 Å². The van der Waals surface area contributed by atoms with Crippen LogP contribution in [0.3, 0.4) is 0 Å². The Labute approximate surface area is 139 Å². The maximum Gasteiger partial charge on any atom is 0.113 e. The van der Waals surface area contributed by atoms with Gasteiger partial charge in [0.05, 0.1) is 0 Å². The van der Waals surface area contributed by atoms with Crippen LogP contribution in [0.2, 0.25) is 0 Å². The Hall–Kier alpha value is -0.150. The van der Waals surface area contributed by atoms with Crippen molar-refractivity contribution in [3.63, 3.8) is 0 Å². The summed E-state index contributed by atoms with van der Waals surface area (Å²) in [7, 11) is 0. The second kappa shape index (κ2) is 12.3. The van der Waals surface area contributed by atoms with Gasteiger partial charge in [-0.25, -0.2) is 4.39 Å². The van der Waals surface area contributed by atoms with Crippen LogP contribution in [-0.2, 0) is 0 Å². The molecule has 0 unspecified atom stereocenters. The molecule has 22 heavy (non-hydrogen) atoms. The zero-order valence-electron chi connectivity index (χ0n) is 16.1. The van der Waals surface area contributed by atoms with Crippen molar-refractivity contribution >= 4 is 0 Å². The van der Waals surface area contributed by atoms with Crippen LogP contribution in [0.1, 0.15) is 80.1 Å². The topological polar surface area (TPSA) is 6.48 Å². The largest absolute Gasteiger partial charge is 0.303 e. The summed E-state index contributed by atoms with van der Waals surface area (Å²) in [4.78, 5) is 5.08. The molecule has 0 N–H and O–H groups in total. The van der Waals surface area contributed by atoms with Crippen molar-refractivity contribution in [3.05, 3.63) is 0 Å². The second-order valence-electron chi connectivity index (χ2n) is 6.10. The van der Waals surface area contributed by atoms with E-state index in [0.717, 1.165) is 44.8 Å². The number of alkyl halides is 1. The summed E-state index contributed by atoms with van der Waals surface area (Å²) in [6.45, 7) is 17.9. The van der Waals surface area contributed by atoms with Gasteiger partial charge in [-0.3, -0.25) is 0 Å². The van der Waals surface area contributed by atoms with Crippen LogP contribution in [0.5, 0.6) is 0 Å². The molecule has 2 saturated heterocycles. The number of halogens is 1. The van der Waals surface area contributed by atoms with Gasteiger partial charge in [-0.2, -0.15) is 0 Å². The van der Waals surface area contributed by atoms with E-state index in [-0.39, 0.29) is 0 Å². The van der Waals surface area contributed by atoms with Crippen molar-refractivity contribution in [1.29, 1.82) is 0 Å². The number of nitrogens with zero attached hydrogens (tertiary/aromatic N) is 2. The van der Waals surface area contributed by atoms with Gasteiger partial charge in [0.2, 0.25) is 0 Å². The molecule has 0 atom stereocenters. The van der Waals surface area contributed by atoms with Gasteiger partial charge in [-0.15, -0.1) is 0 Å². The first-order chi connectivity index (χ1) is 10.7. The highest BCUT2D eigenvalue weighted by atomic mass is 19.1. The van der Waals surface area contributed by atoms with Crippen molar-refractivity contribution in [2.45, 2.75) is 91.8 Å². The summed E-state index contributed by atoms with van der Waals surface area (Å²) in [6, 6.07) is 0.721. The molecule has 0 radical (unpaired) electrons. The summed E-state index contributed by atoms with van der Waals surface area (Å²) >= 11 is 0.